The van der Waals surface area contributed by atoms with Gasteiger partial charge in [0.15, 0.2) is 5.57 Å². The fourth-order valence-electron chi connectivity index (χ4n) is 2.81. The molecule has 0 aliphatic carbocycles. The fourth-order valence-corrected chi connectivity index (χ4v) is 3.92. The van der Waals surface area contributed by atoms with Gasteiger partial charge >= 0.3 is 0 Å². The predicted molar refractivity (Wildman–Crippen MR) is 112 cm³/mol. The van der Waals surface area contributed by atoms with Crippen LogP contribution in [0.5, 0.6) is 0 Å². The van der Waals surface area contributed by atoms with E-state index in [0.29, 0.717) is 11.4 Å². The third-order valence-corrected chi connectivity index (χ3v) is 5.45. The Morgan fingerprint density at radius 2 is 1.70 bits per heavy atom. The number of carbonyl (C=O) groups excluding carboxylic acids is 3. The van der Waals surface area contributed by atoms with Crippen molar-refractivity contribution in [2.75, 3.05) is 10.2 Å². The minimum atomic E-state index is -0.809. The molecule has 3 amide bonds. The number of para-hydroxylation sites is 1. The number of anilines is 2. The van der Waals surface area contributed by atoms with Crippen molar-refractivity contribution >= 4 is 40.9 Å². The van der Waals surface area contributed by atoms with Crippen molar-refractivity contribution in [1.29, 1.82) is 10.5 Å². The second-order valence-electron chi connectivity index (χ2n) is 6.21. The molecular weight excluding hydrogens is 402 g/mol. The summed E-state index contributed by atoms with van der Waals surface area (Å²) in [5, 5.41) is 20.9. The van der Waals surface area contributed by atoms with Gasteiger partial charge in [-0.15, -0.1) is 0 Å². The topological polar surface area (TPSA) is 140 Å². The third kappa shape index (κ3) is 4.32. The van der Waals surface area contributed by atoms with E-state index in [-0.39, 0.29) is 22.6 Å². The molecular formula is C21H15N5O3S. The maximum atomic E-state index is 12.9. The highest BCUT2D eigenvalue weighted by Crippen LogP contribution is 2.35. The van der Waals surface area contributed by atoms with Crippen molar-refractivity contribution in [3.05, 3.63) is 70.8 Å². The van der Waals surface area contributed by atoms with Crippen LogP contribution in [-0.4, -0.2) is 23.0 Å². The first-order valence-corrected chi connectivity index (χ1v) is 9.62. The Balaban J connectivity index is 1.84. The molecule has 0 unspecified atom stereocenters. The number of allylic oxidation sites excluding steroid dienone is 1. The number of nitriles is 2. The van der Waals surface area contributed by atoms with E-state index >= 15 is 0 Å². The number of imide groups is 1. The number of hydrogen-bond donors (Lipinski definition) is 2. The third-order valence-electron chi connectivity index (χ3n) is 4.26. The predicted octanol–water partition coefficient (Wildman–Crippen LogP) is 2.52. The normalized spacial score (nSPS) is 15.3. The molecule has 0 spiro atoms. The van der Waals surface area contributed by atoms with Gasteiger partial charge in [-0.1, -0.05) is 30.0 Å². The summed E-state index contributed by atoms with van der Waals surface area (Å²) in [5.74, 6) is -1.50. The van der Waals surface area contributed by atoms with Crippen molar-refractivity contribution in [2.24, 2.45) is 5.73 Å². The van der Waals surface area contributed by atoms with Gasteiger partial charge in [-0.2, -0.15) is 10.5 Å². The van der Waals surface area contributed by atoms with Crippen LogP contribution >= 0.6 is 11.8 Å². The van der Waals surface area contributed by atoms with E-state index in [0.717, 1.165) is 16.7 Å². The summed E-state index contributed by atoms with van der Waals surface area (Å²) >= 11 is 0.960. The molecule has 3 N–H and O–H groups in total. The Morgan fingerprint density at radius 1 is 1.07 bits per heavy atom. The van der Waals surface area contributed by atoms with E-state index in [1.807, 2.05) is 18.2 Å². The summed E-state index contributed by atoms with van der Waals surface area (Å²) in [5.41, 5.74) is 6.24. The zero-order chi connectivity index (χ0) is 21.7. The summed E-state index contributed by atoms with van der Waals surface area (Å²) in [7, 11) is 0. The number of nitrogens with two attached hydrogens (primary N) is 1. The van der Waals surface area contributed by atoms with Crippen molar-refractivity contribution in [2.45, 2.75) is 11.7 Å². The van der Waals surface area contributed by atoms with Crippen LogP contribution in [0.3, 0.4) is 0 Å². The number of thioether (sulfide) groups is 1. The Labute approximate surface area is 176 Å². The summed E-state index contributed by atoms with van der Waals surface area (Å²) < 4.78 is 0. The average molecular weight is 417 g/mol. The molecule has 8 nitrogen and oxygen atoms in total. The van der Waals surface area contributed by atoms with Gasteiger partial charge in [-0.3, -0.25) is 14.4 Å². The van der Waals surface area contributed by atoms with Crippen molar-refractivity contribution in [1.82, 2.24) is 0 Å². The molecule has 1 heterocycles. The van der Waals surface area contributed by atoms with Gasteiger partial charge in [0.1, 0.15) is 17.2 Å². The number of benzene rings is 2. The Bertz CT molecular complexity index is 1100. The largest absolute Gasteiger partial charge is 0.366 e. The van der Waals surface area contributed by atoms with E-state index < -0.39 is 23.0 Å². The Kier molecular flexibility index (Phi) is 6.16. The summed E-state index contributed by atoms with van der Waals surface area (Å²) in [6, 6.07) is 18.3. The van der Waals surface area contributed by atoms with E-state index in [9.17, 15) is 24.9 Å². The van der Waals surface area contributed by atoms with Crippen LogP contribution in [0.1, 0.15) is 16.8 Å². The molecule has 0 radical (unpaired) electrons. The first kappa shape index (κ1) is 20.6. The highest BCUT2D eigenvalue weighted by molar-refractivity contribution is 8.04. The van der Waals surface area contributed by atoms with Gasteiger partial charge < -0.3 is 11.1 Å². The second-order valence-corrected chi connectivity index (χ2v) is 7.42. The summed E-state index contributed by atoms with van der Waals surface area (Å²) in [4.78, 5) is 37.6. The first-order chi connectivity index (χ1) is 14.4. The molecule has 0 bridgehead atoms. The van der Waals surface area contributed by atoms with Gasteiger partial charge in [-0.05, 0) is 36.4 Å². The average Bonchev–Trinajstić information content (AvgIpc) is 3.02. The second kappa shape index (κ2) is 8.95. The number of amides is 3. The molecule has 1 saturated heterocycles. The van der Waals surface area contributed by atoms with E-state index in [2.05, 4.69) is 5.32 Å². The van der Waals surface area contributed by atoms with Crippen LogP contribution in [0, 0.1) is 22.7 Å². The number of nitrogens with one attached hydrogen (secondary N) is 1. The maximum absolute atomic E-state index is 12.9. The summed E-state index contributed by atoms with van der Waals surface area (Å²) in [6.07, 6.45) is -0.0921. The molecule has 2 aromatic rings. The van der Waals surface area contributed by atoms with E-state index in [4.69, 9.17) is 5.73 Å². The molecule has 1 aliphatic rings. The highest BCUT2D eigenvalue weighted by atomic mass is 32.2. The molecule has 2 aromatic carbocycles. The smallest absolute Gasteiger partial charge is 0.248 e. The maximum Gasteiger partial charge on any atom is 0.248 e. The van der Waals surface area contributed by atoms with Gasteiger partial charge in [0.2, 0.25) is 17.7 Å². The first-order valence-electron chi connectivity index (χ1n) is 8.74. The van der Waals surface area contributed by atoms with Crippen LogP contribution in [0.2, 0.25) is 0 Å². The highest BCUT2D eigenvalue weighted by Gasteiger charge is 2.41. The van der Waals surface area contributed by atoms with Crippen molar-refractivity contribution < 1.29 is 14.4 Å². The van der Waals surface area contributed by atoms with Crippen LogP contribution in [0.25, 0.3) is 0 Å². The van der Waals surface area contributed by atoms with Crippen molar-refractivity contribution in [3.8, 4) is 12.1 Å². The molecule has 3 rings (SSSR count). The number of nitrogens with zero attached hydrogens (tertiary/aromatic N) is 3. The van der Waals surface area contributed by atoms with Gasteiger partial charge in [-0.25, -0.2) is 4.90 Å². The molecule has 1 fully saturated rings. The lowest BCUT2D eigenvalue weighted by atomic mass is 10.2. The van der Waals surface area contributed by atoms with Gasteiger partial charge in [0, 0.05) is 17.7 Å². The molecule has 1 aliphatic heterocycles. The summed E-state index contributed by atoms with van der Waals surface area (Å²) in [6.45, 7) is 0. The number of rotatable bonds is 6. The van der Waals surface area contributed by atoms with E-state index in [1.165, 1.54) is 24.3 Å². The van der Waals surface area contributed by atoms with Gasteiger partial charge in [0.05, 0.1) is 10.9 Å². The molecule has 1 atom stereocenters. The van der Waals surface area contributed by atoms with Crippen molar-refractivity contribution in [3.63, 3.8) is 0 Å². The Hall–Kier alpha value is -4.08. The molecule has 0 saturated carbocycles. The minimum Gasteiger partial charge on any atom is -0.366 e. The Morgan fingerprint density at radius 3 is 2.27 bits per heavy atom. The standard InChI is InChI=1S/C21H15N5O3S/c22-11-14(12-23)20(25-15-4-2-1-3-5-15)30-17-10-18(27)26(21(17)29)16-8-6-13(7-9-16)19(24)28/h1-9,17,25H,10H2,(H2,24,28)/t17-/m0/s1. The van der Waals surface area contributed by atoms with Crippen LogP contribution < -0.4 is 16.0 Å². The zero-order valence-corrected chi connectivity index (χ0v) is 16.3. The quantitative estimate of drug-likeness (QED) is 0.543. The lowest BCUT2D eigenvalue weighted by molar-refractivity contribution is -0.121. The van der Waals surface area contributed by atoms with Crippen LogP contribution in [-0.2, 0) is 9.59 Å². The SMILES string of the molecule is N#CC(C#N)=C(Nc1ccccc1)S[C@H]1CC(=O)N(c2ccc(C(N)=O)cc2)C1=O. The van der Waals surface area contributed by atoms with Crippen LogP contribution in [0.4, 0.5) is 11.4 Å². The number of carbonyl (C=O) groups is 3. The lowest BCUT2D eigenvalue weighted by Gasteiger charge is -2.16. The minimum absolute atomic E-state index is 0.0921. The van der Waals surface area contributed by atoms with Crippen LogP contribution in [0.15, 0.2) is 65.2 Å². The molecule has 9 heteroatoms. The number of primary amides is 1. The fraction of sp³-hybridized carbons (Fsp3) is 0.0952. The molecule has 0 aromatic heterocycles. The molecule has 30 heavy (non-hydrogen) atoms. The zero-order valence-electron chi connectivity index (χ0n) is 15.5. The monoisotopic (exact) mass is 417 g/mol. The number of hydrogen-bond acceptors (Lipinski definition) is 7. The molecule has 148 valence electrons. The van der Waals surface area contributed by atoms with E-state index in [1.54, 1.807) is 24.3 Å². The van der Waals surface area contributed by atoms with Gasteiger partial charge in [0.25, 0.3) is 0 Å². The lowest BCUT2D eigenvalue weighted by Crippen LogP contribution is -2.31.